The van der Waals surface area contributed by atoms with Gasteiger partial charge >= 0.3 is 0 Å². The SMILES string of the molecule is CC(=O)N[C@@H]1CN(C(=O)CCc2nc3ccccc3[nH]2)C[C@H]1O. The summed E-state index contributed by atoms with van der Waals surface area (Å²) in [6.45, 7) is 2.00. The second-order valence-corrected chi connectivity index (χ2v) is 5.87. The number of likely N-dealkylation sites (tertiary alicyclic amines) is 1. The number of aromatic nitrogens is 2. The second-order valence-electron chi connectivity index (χ2n) is 5.87. The van der Waals surface area contributed by atoms with Crippen LogP contribution in [0.5, 0.6) is 0 Å². The Bertz CT molecular complexity index is 694. The average molecular weight is 316 g/mol. The normalized spacial score (nSPS) is 20.9. The zero-order valence-electron chi connectivity index (χ0n) is 13.0. The smallest absolute Gasteiger partial charge is 0.223 e. The Hall–Kier alpha value is -2.41. The van der Waals surface area contributed by atoms with Crippen LogP contribution in [0.25, 0.3) is 11.0 Å². The van der Waals surface area contributed by atoms with E-state index in [4.69, 9.17) is 0 Å². The highest BCUT2D eigenvalue weighted by atomic mass is 16.3. The molecule has 2 amide bonds. The summed E-state index contributed by atoms with van der Waals surface area (Å²) in [5.41, 5.74) is 1.84. The molecule has 2 heterocycles. The number of fused-ring (bicyclic) bond motifs is 1. The van der Waals surface area contributed by atoms with E-state index in [1.54, 1.807) is 4.90 Å². The van der Waals surface area contributed by atoms with E-state index in [9.17, 15) is 14.7 Å². The van der Waals surface area contributed by atoms with Gasteiger partial charge in [0.1, 0.15) is 5.82 Å². The van der Waals surface area contributed by atoms with Crippen LogP contribution in [0.15, 0.2) is 24.3 Å². The van der Waals surface area contributed by atoms with Crippen molar-refractivity contribution in [2.24, 2.45) is 0 Å². The van der Waals surface area contributed by atoms with Crippen LogP contribution in [0, 0.1) is 0 Å². The third-order valence-corrected chi connectivity index (χ3v) is 4.04. The summed E-state index contributed by atoms with van der Waals surface area (Å²) in [4.78, 5) is 32.6. The highest BCUT2D eigenvalue weighted by Gasteiger charge is 2.34. The van der Waals surface area contributed by atoms with E-state index >= 15 is 0 Å². The lowest BCUT2D eigenvalue weighted by Crippen LogP contribution is -2.41. The number of nitrogens with one attached hydrogen (secondary N) is 2. The predicted molar refractivity (Wildman–Crippen MR) is 84.6 cm³/mol. The van der Waals surface area contributed by atoms with E-state index in [0.29, 0.717) is 19.4 Å². The molecule has 1 aromatic carbocycles. The zero-order valence-corrected chi connectivity index (χ0v) is 13.0. The Morgan fingerprint density at radius 2 is 2.17 bits per heavy atom. The van der Waals surface area contributed by atoms with Crippen molar-refractivity contribution in [1.82, 2.24) is 20.2 Å². The molecule has 0 aliphatic carbocycles. The van der Waals surface area contributed by atoms with Gasteiger partial charge in [-0.1, -0.05) is 12.1 Å². The van der Waals surface area contributed by atoms with E-state index in [-0.39, 0.29) is 24.4 Å². The van der Waals surface area contributed by atoms with E-state index in [1.165, 1.54) is 6.92 Å². The lowest BCUT2D eigenvalue weighted by molar-refractivity contribution is -0.130. The number of rotatable bonds is 4. The van der Waals surface area contributed by atoms with Gasteiger partial charge in [-0.15, -0.1) is 0 Å². The van der Waals surface area contributed by atoms with Crippen LogP contribution in [0.3, 0.4) is 0 Å². The van der Waals surface area contributed by atoms with Gasteiger partial charge in [-0.25, -0.2) is 4.98 Å². The number of carbonyl (C=O) groups is 2. The van der Waals surface area contributed by atoms with Gasteiger partial charge in [0.25, 0.3) is 0 Å². The molecule has 7 heteroatoms. The van der Waals surface area contributed by atoms with E-state index < -0.39 is 6.10 Å². The van der Waals surface area contributed by atoms with Crippen molar-refractivity contribution in [1.29, 1.82) is 0 Å². The molecule has 122 valence electrons. The molecule has 0 radical (unpaired) electrons. The molecule has 23 heavy (non-hydrogen) atoms. The number of imidazole rings is 1. The zero-order chi connectivity index (χ0) is 16.4. The van der Waals surface area contributed by atoms with Crippen molar-refractivity contribution in [2.45, 2.75) is 31.9 Å². The maximum Gasteiger partial charge on any atom is 0.223 e. The van der Waals surface area contributed by atoms with Gasteiger partial charge in [-0.05, 0) is 12.1 Å². The van der Waals surface area contributed by atoms with Crippen LogP contribution in [0.1, 0.15) is 19.2 Å². The van der Waals surface area contributed by atoms with Crippen molar-refractivity contribution < 1.29 is 14.7 Å². The summed E-state index contributed by atoms with van der Waals surface area (Å²) in [5, 5.41) is 12.6. The second kappa shape index (κ2) is 6.37. The Morgan fingerprint density at radius 3 is 2.91 bits per heavy atom. The summed E-state index contributed by atoms with van der Waals surface area (Å²) < 4.78 is 0. The first kappa shape index (κ1) is 15.5. The first-order chi connectivity index (χ1) is 11.0. The number of aryl methyl sites for hydroxylation is 1. The Morgan fingerprint density at radius 1 is 1.39 bits per heavy atom. The number of β-amino-alcohol motifs (C(OH)–C–C–N with tert-alkyl or cyclic N) is 1. The third kappa shape index (κ3) is 3.50. The summed E-state index contributed by atoms with van der Waals surface area (Å²) >= 11 is 0. The fourth-order valence-corrected chi connectivity index (χ4v) is 2.90. The standard InChI is InChI=1S/C16H20N4O3/c1-10(21)17-13-8-20(9-14(13)22)16(23)7-6-15-18-11-4-2-3-5-12(11)19-15/h2-5,13-14,22H,6-9H2,1H3,(H,17,21)(H,18,19)/t13-,14-/m1/s1. The number of H-pyrrole nitrogens is 1. The van der Waals surface area contributed by atoms with Gasteiger partial charge in [0.2, 0.25) is 11.8 Å². The fourth-order valence-electron chi connectivity index (χ4n) is 2.90. The van der Waals surface area contributed by atoms with E-state index in [1.807, 2.05) is 24.3 Å². The third-order valence-electron chi connectivity index (χ3n) is 4.04. The molecule has 1 fully saturated rings. The quantitative estimate of drug-likeness (QED) is 0.750. The molecule has 7 nitrogen and oxygen atoms in total. The summed E-state index contributed by atoms with van der Waals surface area (Å²) in [7, 11) is 0. The number of aliphatic hydroxyl groups excluding tert-OH is 1. The highest BCUT2D eigenvalue weighted by Crippen LogP contribution is 2.14. The van der Waals surface area contributed by atoms with Crippen LogP contribution in [0.4, 0.5) is 0 Å². The van der Waals surface area contributed by atoms with Gasteiger partial charge in [0.05, 0.1) is 23.2 Å². The minimum Gasteiger partial charge on any atom is -0.389 e. The Balaban J connectivity index is 1.56. The topological polar surface area (TPSA) is 98.3 Å². The Labute approximate surface area is 133 Å². The molecule has 1 aromatic heterocycles. The first-order valence-electron chi connectivity index (χ1n) is 7.69. The first-order valence-corrected chi connectivity index (χ1v) is 7.69. The molecule has 2 atom stereocenters. The van der Waals surface area contributed by atoms with Crippen molar-refractivity contribution in [3.63, 3.8) is 0 Å². The molecule has 2 aromatic rings. The summed E-state index contributed by atoms with van der Waals surface area (Å²) in [6.07, 6.45) is 0.124. The number of aromatic amines is 1. The number of aliphatic hydroxyl groups is 1. The highest BCUT2D eigenvalue weighted by molar-refractivity contribution is 5.78. The van der Waals surface area contributed by atoms with Crippen molar-refractivity contribution in [3.8, 4) is 0 Å². The number of amides is 2. The molecule has 1 aliphatic rings. The van der Waals surface area contributed by atoms with E-state index in [0.717, 1.165) is 16.9 Å². The van der Waals surface area contributed by atoms with Gasteiger partial charge in [-0.3, -0.25) is 9.59 Å². The van der Waals surface area contributed by atoms with Gasteiger partial charge < -0.3 is 20.3 Å². The molecule has 0 bridgehead atoms. The minimum atomic E-state index is -0.714. The van der Waals surface area contributed by atoms with Gasteiger partial charge in [-0.2, -0.15) is 0 Å². The van der Waals surface area contributed by atoms with Crippen LogP contribution in [0.2, 0.25) is 0 Å². The molecular weight excluding hydrogens is 296 g/mol. The monoisotopic (exact) mass is 316 g/mol. The lowest BCUT2D eigenvalue weighted by Gasteiger charge is -2.16. The molecule has 0 unspecified atom stereocenters. The van der Waals surface area contributed by atoms with Crippen LogP contribution in [-0.4, -0.2) is 57.0 Å². The number of nitrogens with zero attached hydrogens (tertiary/aromatic N) is 2. The van der Waals surface area contributed by atoms with Crippen molar-refractivity contribution in [2.75, 3.05) is 13.1 Å². The molecule has 1 aliphatic heterocycles. The molecule has 0 saturated carbocycles. The number of hydrogen-bond donors (Lipinski definition) is 3. The molecule has 3 N–H and O–H groups in total. The van der Waals surface area contributed by atoms with E-state index in [2.05, 4.69) is 15.3 Å². The average Bonchev–Trinajstić information content (AvgIpc) is 3.08. The largest absolute Gasteiger partial charge is 0.389 e. The number of carbonyl (C=O) groups excluding carboxylic acids is 2. The minimum absolute atomic E-state index is 0.0441. The number of para-hydroxylation sites is 2. The van der Waals surface area contributed by atoms with Gasteiger partial charge in [0, 0.05) is 32.9 Å². The van der Waals surface area contributed by atoms with Crippen LogP contribution >= 0.6 is 0 Å². The predicted octanol–water partition coefficient (Wildman–Crippen LogP) is 0.203. The molecular formula is C16H20N4O3. The summed E-state index contributed by atoms with van der Waals surface area (Å²) in [6, 6.07) is 7.34. The number of benzene rings is 1. The number of hydrogen-bond acceptors (Lipinski definition) is 4. The molecule has 3 rings (SSSR count). The maximum atomic E-state index is 12.3. The van der Waals surface area contributed by atoms with Crippen molar-refractivity contribution >= 4 is 22.8 Å². The maximum absolute atomic E-state index is 12.3. The van der Waals surface area contributed by atoms with Gasteiger partial charge in [0.15, 0.2) is 0 Å². The molecule has 0 spiro atoms. The lowest BCUT2D eigenvalue weighted by atomic mass is 10.2. The van der Waals surface area contributed by atoms with Crippen LogP contribution in [-0.2, 0) is 16.0 Å². The molecule has 1 saturated heterocycles. The fraction of sp³-hybridized carbons (Fsp3) is 0.438. The van der Waals surface area contributed by atoms with Crippen LogP contribution < -0.4 is 5.32 Å². The van der Waals surface area contributed by atoms with Crippen molar-refractivity contribution in [3.05, 3.63) is 30.1 Å². The summed E-state index contributed by atoms with van der Waals surface area (Å²) in [5.74, 6) is 0.528. The Kier molecular flexibility index (Phi) is 4.29.